The number of hydrogen-bond donors (Lipinski definition) is 1. The van der Waals surface area contributed by atoms with Crippen LogP contribution in [0.4, 0.5) is 5.00 Å². The number of nitrogens with one attached hydrogen (secondary N) is 1. The van der Waals surface area contributed by atoms with Crippen molar-refractivity contribution in [1.82, 2.24) is 4.57 Å². The number of carbonyl (C=O) groups excluding carboxylic acids is 3. The van der Waals surface area contributed by atoms with Crippen LogP contribution in [-0.2, 0) is 33.7 Å². The fourth-order valence-corrected chi connectivity index (χ4v) is 7.63. The van der Waals surface area contributed by atoms with Gasteiger partial charge in [-0.3, -0.25) is 9.59 Å². The van der Waals surface area contributed by atoms with Crippen LogP contribution < -0.4 is 10.1 Å². The second-order valence-electron chi connectivity index (χ2n) is 8.56. The molecule has 2 heterocycles. The van der Waals surface area contributed by atoms with Crippen LogP contribution in [0.1, 0.15) is 48.0 Å². The number of halogens is 1. The lowest BCUT2D eigenvalue weighted by Crippen LogP contribution is -2.19. The Hall–Kier alpha value is -2.14. The second kappa shape index (κ2) is 11.9. The molecular formula is C25H28ClN3O4S3. The lowest BCUT2D eigenvalue weighted by atomic mass is 9.88. The van der Waals surface area contributed by atoms with E-state index in [-0.39, 0.29) is 29.9 Å². The van der Waals surface area contributed by atoms with Gasteiger partial charge in [0.1, 0.15) is 5.00 Å². The van der Waals surface area contributed by atoms with E-state index in [2.05, 4.69) is 17.2 Å². The Balaban J connectivity index is 1.41. The molecule has 0 saturated carbocycles. The van der Waals surface area contributed by atoms with Crippen molar-refractivity contribution < 1.29 is 19.1 Å². The summed E-state index contributed by atoms with van der Waals surface area (Å²) in [5.41, 5.74) is 2.47. The minimum absolute atomic E-state index is 0.0787. The molecule has 1 aliphatic carbocycles. The second-order valence-corrected chi connectivity index (χ2v) is 12.1. The van der Waals surface area contributed by atoms with Gasteiger partial charge in [-0.05, 0) is 62.8 Å². The molecule has 0 radical (unpaired) electrons. The first-order chi connectivity index (χ1) is 17.3. The maximum atomic E-state index is 12.7. The standard InChI is InChI=1S/C25H28ClN3O4S3/c1-4-29-17-9-7-15(26)11-19(17)36-25(29)28-21(31)13-34-12-20(30)27-23-22(24(32)33-5-2)16-8-6-14(3)10-18(16)35-23/h7,9,11,14H,4-6,8,10,12-13H2,1-3H3,(H,27,30). The van der Waals surface area contributed by atoms with Gasteiger partial charge in [0.15, 0.2) is 4.80 Å². The largest absolute Gasteiger partial charge is 0.462 e. The number of amides is 2. The van der Waals surface area contributed by atoms with Crippen LogP contribution in [0, 0.1) is 5.92 Å². The van der Waals surface area contributed by atoms with Gasteiger partial charge in [0, 0.05) is 16.4 Å². The number of nitrogens with zero attached hydrogens (tertiary/aromatic N) is 2. The van der Waals surface area contributed by atoms with Crippen molar-refractivity contribution in [2.24, 2.45) is 10.9 Å². The molecule has 11 heteroatoms. The maximum Gasteiger partial charge on any atom is 0.341 e. The molecule has 0 aliphatic heterocycles. The molecule has 192 valence electrons. The molecule has 3 aromatic rings. The molecule has 0 fully saturated rings. The molecule has 2 amide bonds. The van der Waals surface area contributed by atoms with Crippen molar-refractivity contribution in [1.29, 1.82) is 0 Å². The molecule has 1 aliphatic rings. The molecule has 7 nitrogen and oxygen atoms in total. The van der Waals surface area contributed by atoms with E-state index in [9.17, 15) is 14.4 Å². The average molecular weight is 566 g/mol. The van der Waals surface area contributed by atoms with Gasteiger partial charge in [-0.2, -0.15) is 4.99 Å². The summed E-state index contributed by atoms with van der Waals surface area (Å²) in [6, 6.07) is 5.61. The molecular weight excluding hydrogens is 538 g/mol. The molecule has 36 heavy (non-hydrogen) atoms. The minimum atomic E-state index is -0.393. The number of aryl methyl sites for hydroxylation is 1. The number of ether oxygens (including phenoxy) is 1. The maximum absolute atomic E-state index is 12.7. The van der Waals surface area contributed by atoms with Crippen molar-refractivity contribution in [2.75, 3.05) is 23.4 Å². The fourth-order valence-electron chi connectivity index (χ4n) is 4.23. The number of rotatable bonds is 8. The van der Waals surface area contributed by atoms with Crippen molar-refractivity contribution in [3.05, 3.63) is 44.0 Å². The summed E-state index contributed by atoms with van der Waals surface area (Å²) in [6.07, 6.45) is 2.72. The van der Waals surface area contributed by atoms with Crippen LogP contribution in [0.5, 0.6) is 0 Å². The third-order valence-corrected chi connectivity index (χ3v) is 9.25. The highest BCUT2D eigenvalue weighted by molar-refractivity contribution is 8.00. The fraction of sp³-hybridized carbons (Fsp3) is 0.440. The van der Waals surface area contributed by atoms with Crippen molar-refractivity contribution in [3.8, 4) is 0 Å². The third kappa shape index (κ3) is 6.04. The smallest absolute Gasteiger partial charge is 0.341 e. The summed E-state index contributed by atoms with van der Waals surface area (Å²) < 4.78 is 8.20. The Morgan fingerprint density at radius 2 is 2.06 bits per heavy atom. The Kier molecular flexibility index (Phi) is 8.92. The van der Waals surface area contributed by atoms with Gasteiger partial charge in [-0.15, -0.1) is 23.1 Å². The van der Waals surface area contributed by atoms with Crippen LogP contribution >= 0.6 is 46.0 Å². The SMILES string of the molecule is CCOC(=O)c1c(NC(=O)CSCC(=O)N=c2sc3cc(Cl)ccc3n2CC)sc2c1CCC(C)C2. The number of carbonyl (C=O) groups is 3. The minimum Gasteiger partial charge on any atom is -0.462 e. The quantitative estimate of drug-likeness (QED) is 0.362. The summed E-state index contributed by atoms with van der Waals surface area (Å²) in [7, 11) is 0. The van der Waals surface area contributed by atoms with Gasteiger partial charge < -0.3 is 14.6 Å². The number of thiazole rings is 1. The Bertz CT molecular complexity index is 1370. The number of benzene rings is 1. The van der Waals surface area contributed by atoms with Gasteiger partial charge in [-0.1, -0.05) is 29.9 Å². The highest BCUT2D eigenvalue weighted by Crippen LogP contribution is 2.40. The summed E-state index contributed by atoms with van der Waals surface area (Å²) in [5, 5.41) is 4.07. The molecule has 4 rings (SSSR count). The summed E-state index contributed by atoms with van der Waals surface area (Å²) >= 11 is 10.2. The van der Waals surface area contributed by atoms with E-state index in [0.29, 0.717) is 32.9 Å². The van der Waals surface area contributed by atoms with Gasteiger partial charge in [-0.25, -0.2) is 4.79 Å². The van der Waals surface area contributed by atoms with Crippen molar-refractivity contribution in [3.63, 3.8) is 0 Å². The van der Waals surface area contributed by atoms with Crippen molar-refractivity contribution >= 4 is 79.0 Å². The first-order valence-corrected chi connectivity index (χ1v) is 15.0. The van der Waals surface area contributed by atoms with E-state index in [4.69, 9.17) is 16.3 Å². The predicted molar refractivity (Wildman–Crippen MR) is 148 cm³/mol. The van der Waals surface area contributed by atoms with Crippen molar-refractivity contribution in [2.45, 2.75) is 46.6 Å². The molecule has 0 bridgehead atoms. The summed E-state index contributed by atoms with van der Waals surface area (Å²) in [4.78, 5) is 43.9. The van der Waals surface area contributed by atoms with Gasteiger partial charge in [0.25, 0.3) is 5.91 Å². The molecule has 1 aromatic carbocycles. The Morgan fingerprint density at radius 1 is 1.25 bits per heavy atom. The number of anilines is 1. The predicted octanol–water partition coefficient (Wildman–Crippen LogP) is 5.54. The summed E-state index contributed by atoms with van der Waals surface area (Å²) in [6.45, 7) is 6.91. The lowest BCUT2D eigenvalue weighted by molar-refractivity contribution is -0.115. The number of esters is 1. The van der Waals surface area contributed by atoms with E-state index < -0.39 is 5.97 Å². The Labute approximate surface area is 226 Å². The Morgan fingerprint density at radius 3 is 2.81 bits per heavy atom. The normalized spacial score (nSPS) is 15.7. The summed E-state index contributed by atoms with van der Waals surface area (Å²) in [5.74, 6) is -0.251. The lowest BCUT2D eigenvalue weighted by Gasteiger charge is -2.18. The number of aromatic nitrogens is 1. The van der Waals surface area contributed by atoms with E-state index in [1.54, 1.807) is 6.92 Å². The molecule has 1 unspecified atom stereocenters. The zero-order valence-electron chi connectivity index (χ0n) is 20.4. The highest BCUT2D eigenvalue weighted by atomic mass is 35.5. The zero-order chi connectivity index (χ0) is 25.8. The van der Waals surface area contributed by atoms with Gasteiger partial charge >= 0.3 is 5.97 Å². The van der Waals surface area contributed by atoms with E-state index in [1.165, 1.54) is 34.4 Å². The van der Waals surface area contributed by atoms with Crippen LogP contribution in [0.15, 0.2) is 23.2 Å². The van der Waals surface area contributed by atoms with Gasteiger partial charge in [0.2, 0.25) is 5.91 Å². The average Bonchev–Trinajstić information content (AvgIpc) is 3.34. The van der Waals surface area contributed by atoms with E-state index >= 15 is 0 Å². The van der Waals surface area contributed by atoms with Crippen LogP contribution in [0.25, 0.3) is 10.2 Å². The molecule has 2 aromatic heterocycles. The van der Waals surface area contributed by atoms with E-state index in [0.717, 1.165) is 39.9 Å². The molecule has 1 atom stereocenters. The number of thiophene rings is 1. The highest BCUT2D eigenvalue weighted by Gasteiger charge is 2.29. The van der Waals surface area contributed by atoms with Crippen LogP contribution in [-0.4, -0.2) is 40.5 Å². The molecule has 0 spiro atoms. The molecule has 1 N–H and O–H groups in total. The van der Waals surface area contributed by atoms with Crippen LogP contribution in [0.3, 0.4) is 0 Å². The number of thioether (sulfide) groups is 1. The van der Waals surface area contributed by atoms with E-state index in [1.807, 2.05) is 29.7 Å². The first kappa shape index (κ1) is 26.9. The topological polar surface area (TPSA) is 89.8 Å². The zero-order valence-corrected chi connectivity index (χ0v) is 23.6. The van der Waals surface area contributed by atoms with Crippen LogP contribution in [0.2, 0.25) is 5.02 Å². The first-order valence-electron chi connectivity index (χ1n) is 11.9. The monoisotopic (exact) mass is 565 g/mol. The van der Waals surface area contributed by atoms with Gasteiger partial charge in [0.05, 0.1) is 33.9 Å². The number of hydrogen-bond acceptors (Lipinski definition) is 7. The third-order valence-electron chi connectivity index (χ3n) is 5.88. The number of fused-ring (bicyclic) bond motifs is 2. The molecule has 0 saturated heterocycles.